The zero-order valence-corrected chi connectivity index (χ0v) is 11.3. The molecule has 0 aliphatic carbocycles. The summed E-state index contributed by atoms with van der Waals surface area (Å²) in [4.78, 5) is 11.7. The molecule has 102 valence electrons. The van der Waals surface area contributed by atoms with Crippen molar-refractivity contribution in [2.75, 3.05) is 6.61 Å². The summed E-state index contributed by atoms with van der Waals surface area (Å²) in [6.07, 6.45) is 1.01. The molecular formula is C13H21NO4. The highest BCUT2D eigenvalue weighted by molar-refractivity contribution is 5.68. The number of carbonyl (C=O) groups is 1. The summed E-state index contributed by atoms with van der Waals surface area (Å²) in [6.45, 7) is 7.16. The van der Waals surface area contributed by atoms with Gasteiger partial charge in [-0.1, -0.05) is 6.92 Å². The van der Waals surface area contributed by atoms with E-state index in [9.17, 15) is 9.90 Å². The zero-order chi connectivity index (χ0) is 13.8. The van der Waals surface area contributed by atoms with Gasteiger partial charge in [-0.25, -0.2) is 4.79 Å². The second-order valence-electron chi connectivity index (χ2n) is 5.30. The molecule has 0 aliphatic heterocycles. The van der Waals surface area contributed by atoms with Crippen molar-refractivity contribution < 1.29 is 19.1 Å². The van der Waals surface area contributed by atoms with E-state index in [1.54, 1.807) is 32.9 Å². The van der Waals surface area contributed by atoms with Crippen molar-refractivity contribution in [3.63, 3.8) is 0 Å². The number of aliphatic hydroxyl groups excluding tert-OH is 1. The summed E-state index contributed by atoms with van der Waals surface area (Å²) in [5, 5.41) is 11.9. The van der Waals surface area contributed by atoms with Crippen LogP contribution in [0.15, 0.2) is 22.8 Å². The molecule has 0 radical (unpaired) electrons. The third kappa shape index (κ3) is 4.41. The maximum Gasteiger partial charge on any atom is 0.408 e. The lowest BCUT2D eigenvalue weighted by atomic mass is 10.0. The first kappa shape index (κ1) is 14.6. The highest BCUT2D eigenvalue weighted by Crippen LogP contribution is 2.22. The van der Waals surface area contributed by atoms with Crippen LogP contribution in [0.2, 0.25) is 0 Å². The third-order valence-corrected chi connectivity index (χ3v) is 2.38. The molecule has 0 bridgehead atoms. The molecule has 0 aliphatic rings. The van der Waals surface area contributed by atoms with Gasteiger partial charge in [0.25, 0.3) is 0 Å². The molecule has 0 saturated heterocycles. The van der Waals surface area contributed by atoms with E-state index in [4.69, 9.17) is 9.15 Å². The Balaban J connectivity index is 2.71. The average Bonchev–Trinajstić information content (AvgIpc) is 2.75. The highest BCUT2D eigenvalue weighted by atomic mass is 16.6. The van der Waals surface area contributed by atoms with E-state index in [2.05, 4.69) is 5.32 Å². The molecule has 5 nitrogen and oxygen atoms in total. The van der Waals surface area contributed by atoms with Crippen LogP contribution in [0.1, 0.15) is 39.5 Å². The van der Waals surface area contributed by atoms with Gasteiger partial charge in [-0.15, -0.1) is 0 Å². The second-order valence-corrected chi connectivity index (χ2v) is 5.30. The Hall–Kier alpha value is -1.49. The number of furan rings is 1. The van der Waals surface area contributed by atoms with Crippen LogP contribution < -0.4 is 5.32 Å². The van der Waals surface area contributed by atoms with Gasteiger partial charge in [0.15, 0.2) is 0 Å². The largest absolute Gasteiger partial charge is 0.467 e. The molecule has 2 unspecified atom stereocenters. The number of nitrogens with one attached hydrogen (secondary N) is 1. The Labute approximate surface area is 107 Å². The van der Waals surface area contributed by atoms with Crippen molar-refractivity contribution in [1.82, 2.24) is 5.32 Å². The SMILES string of the molecule is CC(CO)C(NC(=O)OC(C)(C)C)c1ccco1. The predicted molar refractivity (Wildman–Crippen MR) is 67.1 cm³/mol. The van der Waals surface area contributed by atoms with Gasteiger partial charge in [0.2, 0.25) is 0 Å². The minimum atomic E-state index is -0.555. The number of hydrogen-bond donors (Lipinski definition) is 2. The first-order chi connectivity index (χ1) is 8.33. The Bertz CT molecular complexity index is 367. The molecule has 1 amide bonds. The molecule has 0 spiro atoms. The van der Waals surface area contributed by atoms with Gasteiger partial charge in [-0.2, -0.15) is 0 Å². The van der Waals surface area contributed by atoms with Gasteiger partial charge >= 0.3 is 6.09 Å². The smallest absolute Gasteiger partial charge is 0.408 e. The van der Waals surface area contributed by atoms with Gasteiger partial charge in [0.1, 0.15) is 11.4 Å². The Morgan fingerprint density at radius 1 is 1.56 bits per heavy atom. The van der Waals surface area contributed by atoms with Crippen LogP contribution in [-0.2, 0) is 4.74 Å². The Morgan fingerprint density at radius 2 is 2.22 bits per heavy atom. The van der Waals surface area contributed by atoms with Crippen LogP contribution in [0.25, 0.3) is 0 Å². The van der Waals surface area contributed by atoms with Crippen molar-refractivity contribution >= 4 is 6.09 Å². The van der Waals surface area contributed by atoms with Gasteiger partial charge in [0.05, 0.1) is 12.3 Å². The minimum absolute atomic E-state index is 0.0544. The fourth-order valence-corrected chi connectivity index (χ4v) is 1.50. The summed E-state index contributed by atoms with van der Waals surface area (Å²) in [7, 11) is 0. The fourth-order valence-electron chi connectivity index (χ4n) is 1.50. The quantitative estimate of drug-likeness (QED) is 0.867. The Kier molecular flexibility index (Phi) is 4.78. The van der Waals surface area contributed by atoms with E-state index >= 15 is 0 Å². The molecule has 18 heavy (non-hydrogen) atoms. The first-order valence-electron chi connectivity index (χ1n) is 5.97. The van der Waals surface area contributed by atoms with E-state index in [1.807, 2.05) is 6.92 Å². The highest BCUT2D eigenvalue weighted by Gasteiger charge is 2.26. The summed E-state index contributed by atoms with van der Waals surface area (Å²) in [5.41, 5.74) is -0.555. The monoisotopic (exact) mass is 255 g/mol. The molecular weight excluding hydrogens is 234 g/mol. The molecule has 0 fully saturated rings. The third-order valence-electron chi connectivity index (χ3n) is 2.38. The molecule has 1 heterocycles. The number of ether oxygens (including phenoxy) is 1. The van der Waals surface area contributed by atoms with Crippen LogP contribution >= 0.6 is 0 Å². The molecule has 2 N–H and O–H groups in total. The molecule has 2 atom stereocenters. The molecule has 5 heteroatoms. The van der Waals surface area contributed by atoms with Crippen LogP contribution in [0, 0.1) is 5.92 Å². The molecule has 1 aromatic heterocycles. The van der Waals surface area contributed by atoms with E-state index in [0.29, 0.717) is 5.76 Å². The summed E-state index contributed by atoms with van der Waals surface area (Å²) < 4.78 is 10.5. The van der Waals surface area contributed by atoms with Gasteiger partial charge in [-0.05, 0) is 32.9 Å². The van der Waals surface area contributed by atoms with Crippen LogP contribution in [0.3, 0.4) is 0 Å². The van der Waals surface area contributed by atoms with Crippen LogP contribution in [-0.4, -0.2) is 23.4 Å². The number of aliphatic hydroxyl groups is 1. The number of carbonyl (C=O) groups excluding carboxylic acids is 1. The predicted octanol–water partition coefficient (Wildman–Crippen LogP) is 2.47. The van der Waals surface area contributed by atoms with Gasteiger partial charge in [0, 0.05) is 12.5 Å². The normalized spacial score (nSPS) is 14.9. The van der Waals surface area contributed by atoms with Gasteiger partial charge in [-0.3, -0.25) is 0 Å². The number of amides is 1. The lowest BCUT2D eigenvalue weighted by molar-refractivity contribution is 0.0464. The maximum atomic E-state index is 11.7. The zero-order valence-electron chi connectivity index (χ0n) is 11.3. The van der Waals surface area contributed by atoms with Gasteiger partial charge < -0.3 is 19.6 Å². The molecule has 1 aromatic rings. The number of alkyl carbamates (subject to hydrolysis) is 1. The lowest BCUT2D eigenvalue weighted by Crippen LogP contribution is -2.37. The number of hydrogen-bond acceptors (Lipinski definition) is 4. The van der Waals surface area contributed by atoms with Crippen molar-refractivity contribution in [3.05, 3.63) is 24.2 Å². The van der Waals surface area contributed by atoms with Crippen molar-refractivity contribution in [3.8, 4) is 0 Å². The van der Waals surface area contributed by atoms with Crippen molar-refractivity contribution in [2.24, 2.45) is 5.92 Å². The maximum absolute atomic E-state index is 11.7. The Morgan fingerprint density at radius 3 is 2.67 bits per heavy atom. The van der Waals surface area contributed by atoms with E-state index in [0.717, 1.165) is 0 Å². The summed E-state index contributed by atoms with van der Waals surface area (Å²) in [5.74, 6) is 0.436. The summed E-state index contributed by atoms with van der Waals surface area (Å²) >= 11 is 0. The average molecular weight is 255 g/mol. The van der Waals surface area contributed by atoms with E-state index in [-0.39, 0.29) is 12.5 Å². The molecule has 1 rings (SSSR count). The number of rotatable bonds is 4. The standard InChI is InChI=1S/C13H21NO4/c1-9(8-15)11(10-6-5-7-17-10)14-12(16)18-13(2,3)4/h5-7,9,11,15H,8H2,1-4H3,(H,14,16). The summed E-state index contributed by atoms with van der Waals surface area (Å²) in [6, 6.07) is 3.09. The molecule has 0 saturated carbocycles. The van der Waals surface area contributed by atoms with Crippen molar-refractivity contribution in [2.45, 2.75) is 39.3 Å². The van der Waals surface area contributed by atoms with Crippen LogP contribution in [0.5, 0.6) is 0 Å². The van der Waals surface area contributed by atoms with Crippen molar-refractivity contribution in [1.29, 1.82) is 0 Å². The van der Waals surface area contributed by atoms with E-state index in [1.165, 1.54) is 6.26 Å². The first-order valence-corrected chi connectivity index (χ1v) is 5.97. The lowest BCUT2D eigenvalue weighted by Gasteiger charge is -2.25. The second kappa shape index (κ2) is 5.91. The minimum Gasteiger partial charge on any atom is -0.467 e. The fraction of sp³-hybridized carbons (Fsp3) is 0.615. The van der Waals surface area contributed by atoms with Crippen LogP contribution in [0.4, 0.5) is 4.79 Å². The topological polar surface area (TPSA) is 71.7 Å². The molecule has 0 aromatic carbocycles. The van der Waals surface area contributed by atoms with E-state index < -0.39 is 17.7 Å².